The van der Waals surface area contributed by atoms with E-state index in [0.29, 0.717) is 22.0 Å². The van der Waals surface area contributed by atoms with E-state index in [0.717, 1.165) is 0 Å². The molecule has 0 atom stereocenters. The van der Waals surface area contributed by atoms with Gasteiger partial charge in [0, 0.05) is 17.0 Å². The molecule has 0 radical (unpaired) electrons. The lowest BCUT2D eigenvalue weighted by atomic mass is 10.2. The molecule has 0 spiro atoms. The van der Waals surface area contributed by atoms with Gasteiger partial charge in [0.1, 0.15) is 5.75 Å². The van der Waals surface area contributed by atoms with Crippen LogP contribution in [0.4, 0.5) is 5.69 Å². The van der Waals surface area contributed by atoms with Gasteiger partial charge in [-0.15, -0.1) is 0 Å². The zero-order valence-electron chi connectivity index (χ0n) is 16.1. The Balaban J connectivity index is 1.68. The highest BCUT2D eigenvalue weighted by molar-refractivity contribution is 6.31. The minimum atomic E-state index is -0.743. The molecule has 9 nitrogen and oxygen atoms in total. The molecule has 0 heterocycles. The number of rotatable bonds is 8. The number of anilines is 1. The van der Waals surface area contributed by atoms with E-state index in [1.807, 2.05) is 0 Å². The van der Waals surface area contributed by atoms with Crippen LogP contribution in [0.1, 0.15) is 23.2 Å². The molecule has 0 saturated carbocycles. The lowest BCUT2D eigenvalue weighted by molar-refractivity contribution is -0.148. The zero-order chi connectivity index (χ0) is 21.9. The first-order chi connectivity index (χ1) is 14.4. The Hall–Kier alpha value is -3.59. The maximum absolute atomic E-state index is 11.9. The molecule has 10 heteroatoms. The summed E-state index contributed by atoms with van der Waals surface area (Å²) in [6.07, 6.45) is -0.488. The number of carbonyl (C=O) groups is 4. The molecule has 0 fully saturated rings. The monoisotopic (exact) mass is 433 g/mol. The van der Waals surface area contributed by atoms with Crippen LogP contribution in [0.2, 0.25) is 5.02 Å². The number of halogens is 1. The van der Waals surface area contributed by atoms with Gasteiger partial charge in [-0.3, -0.25) is 30.0 Å². The van der Waals surface area contributed by atoms with Gasteiger partial charge >= 0.3 is 5.97 Å². The number of hydrogen-bond acceptors (Lipinski definition) is 6. The fraction of sp³-hybridized carbons (Fsp3) is 0.200. The normalized spacial score (nSPS) is 9.93. The lowest BCUT2D eigenvalue weighted by Gasteiger charge is -2.11. The number of hydrazine groups is 1. The third-order valence-electron chi connectivity index (χ3n) is 3.71. The summed E-state index contributed by atoms with van der Waals surface area (Å²) >= 11 is 5.88. The number of methoxy groups -OCH3 is 1. The van der Waals surface area contributed by atoms with Gasteiger partial charge in [-0.2, -0.15) is 0 Å². The molecular formula is C20H20ClN3O6. The molecule has 0 aromatic heterocycles. The van der Waals surface area contributed by atoms with Crippen molar-refractivity contribution in [3.05, 3.63) is 59.1 Å². The number of esters is 1. The summed E-state index contributed by atoms with van der Waals surface area (Å²) < 4.78 is 9.94. The van der Waals surface area contributed by atoms with Crippen molar-refractivity contribution in [3.8, 4) is 5.75 Å². The SMILES string of the molecule is COc1ccc(Cl)cc1NC(=O)COC(=O)CCC(=O)NNC(=O)c1ccccc1. The molecule has 0 unspecified atom stereocenters. The molecule has 2 rings (SSSR count). The average Bonchev–Trinajstić information content (AvgIpc) is 2.75. The molecular weight excluding hydrogens is 414 g/mol. The first-order valence-corrected chi connectivity index (χ1v) is 9.20. The van der Waals surface area contributed by atoms with Gasteiger partial charge in [0.15, 0.2) is 6.61 Å². The summed E-state index contributed by atoms with van der Waals surface area (Å²) in [7, 11) is 1.44. The quantitative estimate of drug-likeness (QED) is 0.432. The predicted octanol–water partition coefficient (Wildman–Crippen LogP) is 2.07. The summed E-state index contributed by atoms with van der Waals surface area (Å²) in [5, 5.41) is 2.92. The average molecular weight is 434 g/mol. The van der Waals surface area contributed by atoms with Gasteiger partial charge in [0.2, 0.25) is 5.91 Å². The molecule has 0 saturated heterocycles. The summed E-state index contributed by atoms with van der Waals surface area (Å²) in [4.78, 5) is 47.2. The fourth-order valence-corrected chi connectivity index (χ4v) is 2.42. The largest absolute Gasteiger partial charge is 0.495 e. The minimum Gasteiger partial charge on any atom is -0.495 e. The first kappa shape index (κ1) is 22.7. The molecule has 158 valence electrons. The first-order valence-electron chi connectivity index (χ1n) is 8.82. The molecule has 3 N–H and O–H groups in total. The van der Waals surface area contributed by atoms with Crippen LogP contribution in [-0.2, 0) is 19.1 Å². The Bertz CT molecular complexity index is 920. The van der Waals surface area contributed by atoms with Crippen molar-refractivity contribution in [2.24, 2.45) is 0 Å². The maximum Gasteiger partial charge on any atom is 0.306 e. The molecule has 0 aliphatic heterocycles. The van der Waals surface area contributed by atoms with Crippen LogP contribution in [0.15, 0.2) is 48.5 Å². The van der Waals surface area contributed by atoms with E-state index in [1.54, 1.807) is 42.5 Å². The second kappa shape index (κ2) is 11.4. The Morgan fingerprint density at radius 2 is 1.67 bits per heavy atom. The topological polar surface area (TPSA) is 123 Å². The van der Waals surface area contributed by atoms with E-state index in [9.17, 15) is 19.2 Å². The van der Waals surface area contributed by atoms with Crippen LogP contribution in [0.3, 0.4) is 0 Å². The van der Waals surface area contributed by atoms with Gasteiger partial charge in [0.25, 0.3) is 11.8 Å². The van der Waals surface area contributed by atoms with E-state index in [2.05, 4.69) is 16.2 Å². The Labute approximate surface area is 177 Å². The van der Waals surface area contributed by atoms with E-state index in [1.165, 1.54) is 13.2 Å². The van der Waals surface area contributed by atoms with Crippen LogP contribution in [0.25, 0.3) is 0 Å². The van der Waals surface area contributed by atoms with E-state index < -0.39 is 30.3 Å². The number of amides is 3. The van der Waals surface area contributed by atoms with Gasteiger partial charge in [-0.1, -0.05) is 29.8 Å². The number of carbonyl (C=O) groups excluding carboxylic acids is 4. The van der Waals surface area contributed by atoms with Gasteiger partial charge in [0.05, 0.1) is 19.2 Å². The predicted molar refractivity (Wildman–Crippen MR) is 109 cm³/mol. The highest BCUT2D eigenvalue weighted by Crippen LogP contribution is 2.27. The molecule has 0 aliphatic rings. The minimum absolute atomic E-state index is 0.225. The summed E-state index contributed by atoms with van der Waals surface area (Å²) in [5.74, 6) is -2.01. The van der Waals surface area contributed by atoms with Crippen molar-refractivity contribution < 1.29 is 28.7 Å². The zero-order valence-corrected chi connectivity index (χ0v) is 16.8. The van der Waals surface area contributed by atoms with Crippen molar-refractivity contribution in [2.75, 3.05) is 19.0 Å². The van der Waals surface area contributed by atoms with Crippen LogP contribution >= 0.6 is 11.6 Å². The van der Waals surface area contributed by atoms with Gasteiger partial charge in [-0.05, 0) is 30.3 Å². The Kier molecular flexibility index (Phi) is 8.64. The van der Waals surface area contributed by atoms with Crippen LogP contribution in [0.5, 0.6) is 5.75 Å². The Morgan fingerprint density at radius 3 is 2.37 bits per heavy atom. The molecule has 3 amide bonds. The van der Waals surface area contributed by atoms with E-state index in [4.69, 9.17) is 21.1 Å². The van der Waals surface area contributed by atoms with E-state index >= 15 is 0 Å². The third kappa shape index (κ3) is 7.44. The maximum atomic E-state index is 11.9. The van der Waals surface area contributed by atoms with Crippen molar-refractivity contribution in [1.82, 2.24) is 10.9 Å². The number of benzene rings is 2. The summed E-state index contributed by atoms with van der Waals surface area (Å²) in [6.45, 7) is -0.541. The van der Waals surface area contributed by atoms with Crippen LogP contribution in [0, 0.1) is 0 Å². The summed E-state index contributed by atoms with van der Waals surface area (Å²) in [5.41, 5.74) is 5.15. The van der Waals surface area contributed by atoms with E-state index in [-0.39, 0.29) is 12.8 Å². The molecule has 0 bridgehead atoms. The lowest BCUT2D eigenvalue weighted by Crippen LogP contribution is -2.41. The number of hydrogen-bond donors (Lipinski definition) is 3. The summed E-state index contributed by atoms with van der Waals surface area (Å²) in [6, 6.07) is 13.0. The highest BCUT2D eigenvalue weighted by atomic mass is 35.5. The van der Waals surface area contributed by atoms with Crippen molar-refractivity contribution in [3.63, 3.8) is 0 Å². The number of nitrogens with one attached hydrogen (secondary N) is 3. The van der Waals surface area contributed by atoms with Gasteiger partial charge in [-0.25, -0.2) is 0 Å². The van der Waals surface area contributed by atoms with Crippen molar-refractivity contribution in [2.45, 2.75) is 12.8 Å². The van der Waals surface area contributed by atoms with Crippen LogP contribution < -0.4 is 20.9 Å². The number of ether oxygens (including phenoxy) is 2. The highest BCUT2D eigenvalue weighted by Gasteiger charge is 2.13. The van der Waals surface area contributed by atoms with Crippen molar-refractivity contribution >= 4 is 41.0 Å². The smallest absolute Gasteiger partial charge is 0.306 e. The Morgan fingerprint density at radius 1 is 0.933 bits per heavy atom. The van der Waals surface area contributed by atoms with Crippen LogP contribution in [-0.4, -0.2) is 37.4 Å². The molecule has 30 heavy (non-hydrogen) atoms. The second-order valence-corrected chi connectivity index (χ2v) is 6.36. The molecule has 2 aromatic carbocycles. The second-order valence-electron chi connectivity index (χ2n) is 5.92. The third-order valence-corrected chi connectivity index (χ3v) is 3.94. The van der Waals surface area contributed by atoms with Gasteiger partial charge < -0.3 is 14.8 Å². The standard InChI is InChI=1S/C20H20ClN3O6/c1-29-16-8-7-14(21)11-15(16)22-18(26)12-30-19(27)10-9-17(25)23-24-20(28)13-5-3-2-4-6-13/h2-8,11H,9-10,12H2,1H3,(H,22,26)(H,23,25)(H,24,28). The molecule has 2 aromatic rings. The van der Waals surface area contributed by atoms with Crippen molar-refractivity contribution in [1.29, 1.82) is 0 Å². The molecule has 0 aliphatic carbocycles. The fourth-order valence-electron chi connectivity index (χ4n) is 2.25.